The van der Waals surface area contributed by atoms with Gasteiger partial charge in [0.1, 0.15) is 11.4 Å². The zero-order valence-electron chi connectivity index (χ0n) is 10.5. The number of hydrogen-bond acceptors (Lipinski definition) is 3. The van der Waals surface area contributed by atoms with Crippen molar-refractivity contribution in [2.45, 2.75) is 38.1 Å². The number of rotatable bonds is 2. The van der Waals surface area contributed by atoms with Gasteiger partial charge in [0.15, 0.2) is 0 Å². The van der Waals surface area contributed by atoms with Gasteiger partial charge in [0.2, 0.25) is 0 Å². The Bertz CT molecular complexity index is 400. The topological polar surface area (TPSA) is 51.2 Å². The number of pyridine rings is 1. The fourth-order valence-electron chi connectivity index (χ4n) is 1.24. The summed E-state index contributed by atoms with van der Waals surface area (Å²) in [6.07, 6.45) is 1.14. The normalized spacial score (nSPS) is 13.0. The Morgan fingerprint density at radius 2 is 2.18 bits per heavy atom. The van der Waals surface area contributed by atoms with Crippen LogP contribution in [0.25, 0.3) is 0 Å². The average molecular weight is 301 g/mol. The molecule has 0 aliphatic rings. The first-order valence-corrected chi connectivity index (χ1v) is 6.30. The maximum Gasteiger partial charge on any atom is 0.413 e. The zero-order valence-corrected chi connectivity index (χ0v) is 12.0. The molecule has 0 saturated heterocycles. The van der Waals surface area contributed by atoms with E-state index in [0.717, 1.165) is 5.56 Å². The molecule has 4 nitrogen and oxygen atoms in total. The summed E-state index contributed by atoms with van der Waals surface area (Å²) in [6, 6.07) is 3.73. The molecule has 17 heavy (non-hydrogen) atoms. The van der Waals surface area contributed by atoms with Crippen molar-refractivity contribution in [2.75, 3.05) is 5.32 Å². The van der Waals surface area contributed by atoms with E-state index in [4.69, 9.17) is 4.74 Å². The Balaban J connectivity index is 2.78. The van der Waals surface area contributed by atoms with Gasteiger partial charge >= 0.3 is 6.09 Å². The van der Waals surface area contributed by atoms with E-state index in [2.05, 4.69) is 26.2 Å². The number of nitrogens with zero attached hydrogens (tertiary/aromatic N) is 1. The first-order valence-electron chi connectivity index (χ1n) is 5.38. The minimum atomic E-state index is -0.515. The van der Waals surface area contributed by atoms with E-state index < -0.39 is 11.7 Å². The predicted octanol–water partition coefficient (Wildman–Crippen LogP) is 3.88. The molecule has 1 aromatic rings. The number of carbonyl (C=O) groups is 1. The molecule has 1 rings (SSSR count). The van der Waals surface area contributed by atoms with Crippen LogP contribution in [0.1, 0.15) is 38.1 Å². The molecular weight excluding hydrogens is 284 g/mol. The van der Waals surface area contributed by atoms with Gasteiger partial charge in [0, 0.05) is 16.6 Å². The molecule has 0 aromatic carbocycles. The van der Waals surface area contributed by atoms with Gasteiger partial charge in [-0.05, 0) is 33.8 Å². The lowest BCUT2D eigenvalue weighted by molar-refractivity contribution is 0.0635. The highest BCUT2D eigenvalue weighted by Gasteiger charge is 2.18. The Morgan fingerprint density at radius 1 is 1.53 bits per heavy atom. The minimum absolute atomic E-state index is 0.112. The number of alkyl halides is 1. The number of carbonyl (C=O) groups excluding carboxylic acids is 1. The highest BCUT2D eigenvalue weighted by atomic mass is 79.9. The summed E-state index contributed by atoms with van der Waals surface area (Å²) in [5, 5.41) is 2.65. The van der Waals surface area contributed by atoms with Crippen LogP contribution >= 0.6 is 15.9 Å². The molecule has 1 atom stereocenters. The molecule has 94 valence electrons. The number of nitrogens with one attached hydrogen (secondary N) is 1. The summed E-state index contributed by atoms with van der Waals surface area (Å²) in [5.41, 5.74) is 0.400. The highest BCUT2D eigenvalue weighted by molar-refractivity contribution is 9.09. The van der Waals surface area contributed by atoms with Crippen molar-refractivity contribution in [3.8, 4) is 0 Å². The third kappa shape index (κ3) is 4.73. The second-order valence-electron chi connectivity index (χ2n) is 4.68. The summed E-state index contributed by atoms with van der Waals surface area (Å²) in [5.74, 6) is 0.520. The molecule has 1 N–H and O–H groups in total. The number of anilines is 1. The lowest BCUT2D eigenvalue weighted by Gasteiger charge is -2.20. The van der Waals surface area contributed by atoms with E-state index in [-0.39, 0.29) is 4.83 Å². The minimum Gasteiger partial charge on any atom is -0.444 e. The average Bonchev–Trinajstić information content (AvgIpc) is 2.14. The van der Waals surface area contributed by atoms with Gasteiger partial charge in [-0.1, -0.05) is 22.0 Å². The molecule has 5 heteroatoms. The van der Waals surface area contributed by atoms with Crippen LogP contribution in [0.3, 0.4) is 0 Å². The maximum absolute atomic E-state index is 11.6. The fourth-order valence-corrected chi connectivity index (χ4v) is 1.61. The van der Waals surface area contributed by atoms with E-state index in [0.29, 0.717) is 5.82 Å². The standard InChI is InChI=1S/C12H17BrN2O2/c1-8(13)9-6-5-7-14-10(9)15-11(16)17-12(2,3)4/h5-8H,1-4H3,(H,14,15,16)/t8-/m1/s1. The lowest BCUT2D eigenvalue weighted by Crippen LogP contribution is -2.27. The summed E-state index contributed by atoms with van der Waals surface area (Å²) >= 11 is 3.45. The van der Waals surface area contributed by atoms with Crippen LogP contribution in [-0.4, -0.2) is 16.7 Å². The van der Waals surface area contributed by atoms with Crippen LogP contribution in [0.2, 0.25) is 0 Å². The molecule has 1 heterocycles. The van der Waals surface area contributed by atoms with Gasteiger partial charge in [-0.25, -0.2) is 9.78 Å². The zero-order chi connectivity index (χ0) is 13.1. The van der Waals surface area contributed by atoms with E-state index in [1.807, 2.05) is 39.8 Å². The Labute approximate surface area is 110 Å². The Morgan fingerprint density at radius 3 is 2.71 bits per heavy atom. The third-order valence-electron chi connectivity index (χ3n) is 1.89. The van der Waals surface area contributed by atoms with Crippen molar-refractivity contribution >= 4 is 27.8 Å². The van der Waals surface area contributed by atoms with Gasteiger partial charge in [-0.15, -0.1) is 0 Å². The summed E-state index contributed by atoms with van der Waals surface area (Å²) in [7, 11) is 0. The van der Waals surface area contributed by atoms with Crippen molar-refractivity contribution in [1.29, 1.82) is 0 Å². The van der Waals surface area contributed by atoms with Crippen molar-refractivity contribution in [3.05, 3.63) is 23.9 Å². The maximum atomic E-state index is 11.6. The monoisotopic (exact) mass is 300 g/mol. The first-order chi connectivity index (χ1) is 7.79. The van der Waals surface area contributed by atoms with Crippen LogP contribution in [0.4, 0.5) is 10.6 Å². The number of amides is 1. The molecule has 0 aliphatic heterocycles. The fraction of sp³-hybridized carbons (Fsp3) is 0.500. The number of ether oxygens (including phenoxy) is 1. The second-order valence-corrected chi connectivity index (χ2v) is 6.06. The number of aromatic nitrogens is 1. The van der Waals surface area contributed by atoms with Crippen LogP contribution < -0.4 is 5.32 Å². The van der Waals surface area contributed by atoms with Crippen LogP contribution in [0, 0.1) is 0 Å². The summed E-state index contributed by atoms with van der Waals surface area (Å²) in [4.78, 5) is 15.9. The SMILES string of the molecule is C[C@@H](Br)c1cccnc1NC(=O)OC(C)(C)C. The van der Waals surface area contributed by atoms with Crippen LogP contribution in [-0.2, 0) is 4.74 Å². The largest absolute Gasteiger partial charge is 0.444 e. The smallest absolute Gasteiger partial charge is 0.413 e. The van der Waals surface area contributed by atoms with Crippen LogP contribution in [0.15, 0.2) is 18.3 Å². The van der Waals surface area contributed by atoms with Gasteiger partial charge < -0.3 is 4.74 Å². The molecule has 0 fully saturated rings. The van der Waals surface area contributed by atoms with Crippen molar-refractivity contribution in [3.63, 3.8) is 0 Å². The molecule has 0 radical (unpaired) electrons. The van der Waals surface area contributed by atoms with E-state index in [1.165, 1.54) is 0 Å². The van der Waals surface area contributed by atoms with E-state index in [1.54, 1.807) is 6.20 Å². The summed E-state index contributed by atoms with van der Waals surface area (Å²) < 4.78 is 5.17. The molecule has 0 saturated carbocycles. The molecule has 0 bridgehead atoms. The summed E-state index contributed by atoms with van der Waals surface area (Å²) in [6.45, 7) is 7.42. The van der Waals surface area contributed by atoms with E-state index in [9.17, 15) is 4.79 Å². The quantitative estimate of drug-likeness (QED) is 0.843. The molecule has 0 aliphatic carbocycles. The predicted molar refractivity (Wildman–Crippen MR) is 71.4 cm³/mol. The van der Waals surface area contributed by atoms with Gasteiger partial charge in [-0.2, -0.15) is 0 Å². The molecule has 1 aromatic heterocycles. The molecular formula is C12H17BrN2O2. The second kappa shape index (κ2) is 5.49. The van der Waals surface area contributed by atoms with Crippen molar-refractivity contribution < 1.29 is 9.53 Å². The third-order valence-corrected chi connectivity index (χ3v) is 2.38. The number of hydrogen-bond donors (Lipinski definition) is 1. The lowest BCUT2D eigenvalue weighted by atomic mass is 10.2. The Kier molecular flexibility index (Phi) is 4.51. The van der Waals surface area contributed by atoms with Gasteiger partial charge in [-0.3, -0.25) is 5.32 Å². The van der Waals surface area contributed by atoms with Gasteiger partial charge in [0.25, 0.3) is 0 Å². The van der Waals surface area contributed by atoms with Gasteiger partial charge in [0.05, 0.1) is 0 Å². The van der Waals surface area contributed by atoms with Crippen LogP contribution in [0.5, 0.6) is 0 Å². The number of halogens is 1. The first kappa shape index (κ1) is 14.0. The van der Waals surface area contributed by atoms with E-state index >= 15 is 0 Å². The Hall–Kier alpha value is -1.10. The highest BCUT2D eigenvalue weighted by Crippen LogP contribution is 2.27. The molecule has 1 amide bonds. The molecule has 0 spiro atoms. The van der Waals surface area contributed by atoms with Crippen molar-refractivity contribution in [1.82, 2.24) is 4.98 Å². The van der Waals surface area contributed by atoms with Crippen molar-refractivity contribution in [2.24, 2.45) is 0 Å². The molecule has 0 unspecified atom stereocenters.